The monoisotopic (exact) mass is 582 g/mol. The van der Waals surface area contributed by atoms with Crippen molar-refractivity contribution in [2.75, 3.05) is 7.11 Å². The van der Waals surface area contributed by atoms with Crippen molar-refractivity contribution in [3.05, 3.63) is 68.8 Å². The van der Waals surface area contributed by atoms with Crippen molar-refractivity contribution in [2.24, 2.45) is 0 Å². The predicted octanol–water partition coefficient (Wildman–Crippen LogP) is 7.16. The minimum atomic E-state index is -0.704. The number of aromatic amines is 2. The van der Waals surface area contributed by atoms with Crippen molar-refractivity contribution in [2.45, 2.75) is 90.9 Å². The average Bonchev–Trinajstić information content (AvgIpc) is 3.71. The summed E-state index contributed by atoms with van der Waals surface area (Å²) < 4.78 is 4.99. The zero-order chi connectivity index (χ0) is 30.1. The minimum absolute atomic E-state index is 0.0327. The lowest BCUT2D eigenvalue weighted by atomic mass is 9.80. The number of carbonyl (C=O) groups is 2. The number of hydrogen-bond acceptors (Lipinski definition) is 6. The number of rotatable bonds is 5. The number of aromatic nitrogens is 4. The SMILES string of the molecule is CCc1c(C)c2cc3nc(c4c5[nH]c(cc6nc(cc1[nH]2)C(C)(CC)C6=O)c(C)c5C(=S)C4)[C@@H](CCC(=O)OC)[C@@H]3C. The molecular formula is C34H38N4O3S. The first-order chi connectivity index (χ1) is 20.0. The lowest BCUT2D eigenvalue weighted by Gasteiger charge is -2.19. The maximum atomic E-state index is 13.8. The molecule has 0 radical (unpaired) electrons. The average molecular weight is 583 g/mol. The first-order valence-corrected chi connectivity index (χ1v) is 15.3. The van der Waals surface area contributed by atoms with Gasteiger partial charge in [-0.25, -0.2) is 4.98 Å². The van der Waals surface area contributed by atoms with Gasteiger partial charge in [0, 0.05) is 62.9 Å². The van der Waals surface area contributed by atoms with E-state index in [4.69, 9.17) is 26.9 Å². The summed E-state index contributed by atoms with van der Waals surface area (Å²) in [5, 5.41) is 0. The molecule has 2 N–H and O–H groups in total. The predicted molar refractivity (Wildman–Crippen MR) is 170 cm³/mol. The zero-order valence-corrected chi connectivity index (χ0v) is 26.3. The number of thiocarbonyl (C=S) groups is 1. The van der Waals surface area contributed by atoms with Crippen LogP contribution in [0.4, 0.5) is 0 Å². The maximum absolute atomic E-state index is 13.8. The molecule has 0 amide bonds. The number of nitrogens with one attached hydrogen (secondary N) is 2. The molecule has 7 nitrogen and oxygen atoms in total. The quantitative estimate of drug-likeness (QED) is 0.245. The lowest BCUT2D eigenvalue weighted by Crippen LogP contribution is -2.27. The van der Waals surface area contributed by atoms with Crippen LogP contribution >= 0.6 is 12.2 Å². The van der Waals surface area contributed by atoms with Gasteiger partial charge < -0.3 is 14.7 Å². The number of Topliss-reactive ketones (excluding diaryl/α,β-unsaturated/α-hetero) is 1. The first kappa shape index (κ1) is 28.5. The Labute approximate surface area is 251 Å². The number of H-pyrrole nitrogens is 2. The van der Waals surface area contributed by atoms with E-state index in [1.807, 2.05) is 19.9 Å². The molecule has 0 fully saturated rings. The van der Waals surface area contributed by atoms with Crippen LogP contribution in [-0.4, -0.2) is 43.7 Å². The van der Waals surface area contributed by atoms with E-state index in [0.29, 0.717) is 31.4 Å². The summed E-state index contributed by atoms with van der Waals surface area (Å²) in [5.41, 5.74) is 11.8. The van der Waals surface area contributed by atoms with E-state index in [-0.39, 0.29) is 23.6 Å². The highest BCUT2D eigenvalue weighted by molar-refractivity contribution is 7.81. The van der Waals surface area contributed by atoms with Crippen molar-refractivity contribution < 1.29 is 14.3 Å². The molecule has 8 heteroatoms. The highest BCUT2D eigenvalue weighted by atomic mass is 32.1. The number of carbonyl (C=O) groups excluding carboxylic acids is 2. The van der Waals surface area contributed by atoms with Crippen LogP contribution in [0.5, 0.6) is 0 Å². The third-order valence-electron chi connectivity index (χ3n) is 9.98. The minimum Gasteiger partial charge on any atom is -0.469 e. The summed E-state index contributed by atoms with van der Waals surface area (Å²) in [6.07, 6.45) is 3.08. The molecule has 1 aliphatic carbocycles. The van der Waals surface area contributed by atoms with E-state index in [1.54, 1.807) is 0 Å². The highest BCUT2D eigenvalue weighted by Gasteiger charge is 2.41. The fourth-order valence-electron chi connectivity index (χ4n) is 7.03. The van der Waals surface area contributed by atoms with E-state index >= 15 is 0 Å². The van der Waals surface area contributed by atoms with Gasteiger partial charge in [0.15, 0.2) is 5.78 Å². The Bertz CT molecular complexity index is 1850. The number of esters is 1. The Morgan fingerprint density at radius 3 is 2.52 bits per heavy atom. The molecule has 0 saturated heterocycles. The Balaban J connectivity index is 1.74. The molecule has 8 bridgehead atoms. The fourth-order valence-corrected chi connectivity index (χ4v) is 7.43. The van der Waals surface area contributed by atoms with Crippen molar-refractivity contribution in [3.63, 3.8) is 0 Å². The number of methoxy groups -OCH3 is 1. The van der Waals surface area contributed by atoms with Gasteiger partial charge in [-0.2, -0.15) is 0 Å². The van der Waals surface area contributed by atoms with Crippen LogP contribution in [0.2, 0.25) is 0 Å². The summed E-state index contributed by atoms with van der Waals surface area (Å²) >= 11 is 5.93. The van der Waals surface area contributed by atoms with Gasteiger partial charge in [0.25, 0.3) is 0 Å². The molecule has 3 aliphatic rings. The summed E-state index contributed by atoms with van der Waals surface area (Å²) in [6, 6.07) is 6.12. The number of fused-ring (bicyclic) bond motifs is 8. The van der Waals surface area contributed by atoms with Gasteiger partial charge in [-0.1, -0.05) is 33.0 Å². The summed E-state index contributed by atoms with van der Waals surface area (Å²) in [5.74, 6) is -0.0433. The Morgan fingerprint density at radius 2 is 1.83 bits per heavy atom. The highest BCUT2D eigenvalue weighted by Crippen LogP contribution is 2.44. The van der Waals surface area contributed by atoms with Crippen LogP contribution in [0.25, 0.3) is 22.1 Å². The van der Waals surface area contributed by atoms with E-state index in [2.05, 4.69) is 49.8 Å². The van der Waals surface area contributed by atoms with Crippen LogP contribution in [0.15, 0.2) is 18.2 Å². The number of hydrogen-bond donors (Lipinski definition) is 2. The molecule has 0 saturated carbocycles. The van der Waals surface area contributed by atoms with E-state index in [0.717, 1.165) is 67.1 Å². The van der Waals surface area contributed by atoms with Gasteiger partial charge in [-0.3, -0.25) is 14.6 Å². The number of ketones is 1. The van der Waals surface area contributed by atoms with Gasteiger partial charge in [-0.05, 0) is 74.9 Å². The molecule has 5 heterocycles. The second kappa shape index (κ2) is 10.3. The molecule has 1 unspecified atom stereocenters. The van der Waals surface area contributed by atoms with Crippen molar-refractivity contribution >= 4 is 50.9 Å². The largest absolute Gasteiger partial charge is 0.469 e. The van der Waals surface area contributed by atoms with Crippen LogP contribution in [0.3, 0.4) is 0 Å². The number of nitrogens with zero attached hydrogens (tertiary/aromatic N) is 2. The molecule has 6 rings (SSSR count). The van der Waals surface area contributed by atoms with Gasteiger partial charge in [-0.15, -0.1) is 0 Å². The molecule has 42 heavy (non-hydrogen) atoms. The topological polar surface area (TPSA) is 101 Å². The molecule has 2 aliphatic heterocycles. The molecule has 0 aromatic carbocycles. The normalized spacial score (nSPS) is 21.3. The van der Waals surface area contributed by atoms with Crippen LogP contribution < -0.4 is 0 Å². The third-order valence-corrected chi connectivity index (χ3v) is 10.3. The van der Waals surface area contributed by atoms with E-state index in [9.17, 15) is 9.59 Å². The standard InChI is InChI=1S/C34H38N4O3S/c1-8-19-16(3)22-13-23-17(4)20(10-11-29(39)41-7)31(37-23)21-12-27(42)30-18(5)24(38-32(21)30)14-26-33(40)34(6,9-2)28(36-26)15-25(19)35-22/h13-15,17,20,35,38H,8-12H2,1-7H3/t17-,20-,34?/m0/s1. The summed E-state index contributed by atoms with van der Waals surface area (Å²) in [6.45, 7) is 12.6. The van der Waals surface area contributed by atoms with E-state index < -0.39 is 5.41 Å². The van der Waals surface area contributed by atoms with E-state index in [1.165, 1.54) is 18.2 Å². The third kappa shape index (κ3) is 4.17. The number of aryl methyl sites for hydroxylation is 3. The van der Waals surface area contributed by atoms with Crippen LogP contribution in [0.1, 0.15) is 114 Å². The second-order valence-electron chi connectivity index (χ2n) is 12.2. The molecule has 0 spiro atoms. The van der Waals surface area contributed by atoms with Crippen molar-refractivity contribution in [1.82, 2.24) is 19.9 Å². The fraction of sp³-hybridized carbons (Fsp3) is 0.441. The zero-order valence-electron chi connectivity index (χ0n) is 25.4. The van der Waals surface area contributed by atoms with Crippen LogP contribution in [0, 0.1) is 13.8 Å². The van der Waals surface area contributed by atoms with Gasteiger partial charge in [0.1, 0.15) is 5.69 Å². The molecule has 3 atom stereocenters. The lowest BCUT2D eigenvalue weighted by molar-refractivity contribution is -0.140. The molecule has 218 valence electrons. The second-order valence-corrected chi connectivity index (χ2v) is 12.7. The van der Waals surface area contributed by atoms with Crippen molar-refractivity contribution in [3.8, 4) is 0 Å². The maximum Gasteiger partial charge on any atom is 0.305 e. The summed E-state index contributed by atoms with van der Waals surface area (Å²) in [4.78, 5) is 44.4. The molecule has 3 aromatic heterocycles. The molecular weight excluding hydrogens is 544 g/mol. The van der Waals surface area contributed by atoms with Gasteiger partial charge >= 0.3 is 5.97 Å². The Morgan fingerprint density at radius 1 is 1.10 bits per heavy atom. The van der Waals surface area contributed by atoms with Crippen molar-refractivity contribution in [1.29, 1.82) is 0 Å². The Hall–Kier alpha value is -3.65. The number of ether oxygens (including phenoxy) is 1. The summed E-state index contributed by atoms with van der Waals surface area (Å²) in [7, 11) is 1.43. The molecule has 3 aromatic rings. The van der Waals surface area contributed by atoms with Gasteiger partial charge in [0.2, 0.25) is 0 Å². The first-order valence-electron chi connectivity index (χ1n) is 14.9. The smallest absolute Gasteiger partial charge is 0.305 e. The van der Waals surface area contributed by atoms with Crippen LogP contribution in [-0.2, 0) is 27.8 Å². The van der Waals surface area contributed by atoms with Gasteiger partial charge in [0.05, 0.1) is 29.4 Å². The Kier molecular flexibility index (Phi) is 6.96.